The molecule has 1 N–H and O–H groups in total. The van der Waals surface area contributed by atoms with Crippen LogP contribution in [0.4, 0.5) is 0 Å². The fraction of sp³-hybridized carbons (Fsp3) is 0.400. The molecule has 170 valence electrons. The Kier molecular flexibility index (Phi) is 8.71. The summed E-state index contributed by atoms with van der Waals surface area (Å²) in [7, 11) is 0. The van der Waals surface area contributed by atoms with E-state index in [1.54, 1.807) is 23.8 Å². The van der Waals surface area contributed by atoms with E-state index in [9.17, 15) is 9.59 Å². The van der Waals surface area contributed by atoms with Crippen LogP contribution in [0.3, 0.4) is 0 Å². The summed E-state index contributed by atoms with van der Waals surface area (Å²) in [5.41, 5.74) is 3.56. The Balaban J connectivity index is 1.62. The molecule has 0 bridgehead atoms. The molecule has 1 unspecified atom stereocenters. The third-order valence-electron chi connectivity index (χ3n) is 5.53. The summed E-state index contributed by atoms with van der Waals surface area (Å²) < 4.78 is 1.68. The topological polar surface area (TPSA) is 72.2 Å². The first-order chi connectivity index (χ1) is 15.3. The number of carboxylic acids is 1. The Morgan fingerprint density at radius 3 is 2.47 bits per heavy atom. The van der Waals surface area contributed by atoms with Crippen LogP contribution in [0.1, 0.15) is 61.5 Å². The van der Waals surface area contributed by atoms with Gasteiger partial charge in [-0.15, -0.1) is 0 Å². The summed E-state index contributed by atoms with van der Waals surface area (Å²) in [6, 6.07) is 11.7. The summed E-state index contributed by atoms with van der Waals surface area (Å²) in [5.74, 6) is -1.26. The van der Waals surface area contributed by atoms with Gasteiger partial charge in [0.1, 0.15) is 0 Å². The molecule has 0 fully saturated rings. The Morgan fingerprint density at radius 1 is 1.00 bits per heavy atom. The van der Waals surface area contributed by atoms with Crippen molar-refractivity contribution in [2.45, 2.75) is 58.3 Å². The third kappa shape index (κ3) is 6.81. The van der Waals surface area contributed by atoms with Crippen molar-refractivity contribution < 1.29 is 14.7 Å². The lowest BCUT2D eigenvalue weighted by molar-refractivity contribution is -0.137. The van der Waals surface area contributed by atoms with E-state index in [-0.39, 0.29) is 24.7 Å². The second-order valence-electron chi connectivity index (χ2n) is 8.37. The molecular formula is C25H28Cl2N2O3. The van der Waals surface area contributed by atoms with Gasteiger partial charge in [0.2, 0.25) is 5.91 Å². The average molecular weight is 475 g/mol. The summed E-state index contributed by atoms with van der Waals surface area (Å²) in [6.07, 6.45) is 7.66. The van der Waals surface area contributed by atoms with Gasteiger partial charge in [-0.2, -0.15) is 0 Å². The number of hydrogen-bond acceptors (Lipinski definition) is 3. The predicted molar refractivity (Wildman–Crippen MR) is 129 cm³/mol. The lowest BCUT2D eigenvalue weighted by atomic mass is 10.0. The van der Waals surface area contributed by atoms with E-state index < -0.39 is 5.97 Å². The molecule has 32 heavy (non-hydrogen) atoms. The van der Waals surface area contributed by atoms with Crippen LogP contribution in [0, 0.1) is 5.92 Å². The van der Waals surface area contributed by atoms with Crippen LogP contribution in [-0.4, -0.2) is 26.5 Å². The number of carbonyl (C=O) groups excluding carboxylic acids is 1. The maximum atomic E-state index is 13.1. The van der Waals surface area contributed by atoms with Gasteiger partial charge in [-0.05, 0) is 61.4 Å². The van der Waals surface area contributed by atoms with Crippen LogP contribution in [0.2, 0.25) is 10.0 Å². The first kappa shape index (κ1) is 24.3. The van der Waals surface area contributed by atoms with Crippen molar-refractivity contribution in [2.75, 3.05) is 0 Å². The van der Waals surface area contributed by atoms with Gasteiger partial charge in [-0.25, -0.2) is 0 Å². The van der Waals surface area contributed by atoms with E-state index in [4.69, 9.17) is 28.3 Å². The van der Waals surface area contributed by atoms with E-state index in [1.165, 1.54) is 5.56 Å². The van der Waals surface area contributed by atoms with Crippen LogP contribution < -0.4 is 0 Å². The quantitative estimate of drug-likeness (QED) is 0.309. The normalized spacial score (nSPS) is 12.2. The molecule has 7 heteroatoms. The lowest BCUT2D eigenvalue weighted by Gasteiger charge is -2.13. The second-order valence-corrected chi connectivity index (χ2v) is 9.25. The number of fused-ring (bicyclic) bond motifs is 1. The van der Waals surface area contributed by atoms with Crippen LogP contribution in [0.15, 0.2) is 42.6 Å². The van der Waals surface area contributed by atoms with Crippen LogP contribution in [0.5, 0.6) is 0 Å². The second kappa shape index (κ2) is 11.5. The van der Waals surface area contributed by atoms with Crippen molar-refractivity contribution in [2.24, 2.45) is 5.92 Å². The first-order valence-electron chi connectivity index (χ1n) is 11.0. The molecule has 1 aromatic carbocycles. The van der Waals surface area contributed by atoms with Crippen molar-refractivity contribution in [3.8, 4) is 0 Å². The first-order valence-corrected chi connectivity index (χ1v) is 11.7. The molecule has 2 heterocycles. The number of benzene rings is 1. The SMILES string of the molecule is CC(CC(=O)O)CC(=O)n1c(CCCCCCc2cccc(Cl)c2)cc2ncc(Cl)cc21. The molecule has 5 nitrogen and oxygen atoms in total. The molecule has 3 rings (SSSR count). The number of carbonyl (C=O) groups is 2. The Labute approximate surface area is 198 Å². The number of rotatable bonds is 11. The minimum Gasteiger partial charge on any atom is -0.481 e. The fourth-order valence-electron chi connectivity index (χ4n) is 4.03. The number of aromatic nitrogens is 2. The van der Waals surface area contributed by atoms with Crippen LogP contribution >= 0.6 is 23.2 Å². The number of nitrogens with zero attached hydrogens (tertiary/aromatic N) is 2. The zero-order chi connectivity index (χ0) is 23.1. The van der Waals surface area contributed by atoms with Crippen molar-refractivity contribution in [3.05, 3.63) is 63.9 Å². The summed E-state index contributed by atoms with van der Waals surface area (Å²) >= 11 is 12.2. The molecule has 3 aromatic rings. The average Bonchev–Trinajstić information content (AvgIpc) is 3.07. The predicted octanol–water partition coefficient (Wildman–Crippen LogP) is 6.83. The van der Waals surface area contributed by atoms with Crippen molar-refractivity contribution in [3.63, 3.8) is 0 Å². The summed E-state index contributed by atoms with van der Waals surface area (Å²) in [6.45, 7) is 1.78. The number of aryl methyl sites for hydroxylation is 2. The molecule has 2 aromatic heterocycles. The van der Waals surface area contributed by atoms with Crippen molar-refractivity contribution in [1.29, 1.82) is 0 Å². The van der Waals surface area contributed by atoms with Gasteiger partial charge >= 0.3 is 5.97 Å². The van der Waals surface area contributed by atoms with Gasteiger partial charge in [0.05, 0.1) is 16.1 Å². The monoisotopic (exact) mass is 474 g/mol. The fourth-order valence-corrected chi connectivity index (χ4v) is 4.39. The van der Waals surface area contributed by atoms with E-state index in [0.29, 0.717) is 10.5 Å². The molecule has 0 aliphatic rings. The molecule has 0 aliphatic carbocycles. The largest absolute Gasteiger partial charge is 0.481 e. The van der Waals surface area contributed by atoms with Gasteiger partial charge in [0, 0.05) is 29.8 Å². The number of halogens is 2. The van der Waals surface area contributed by atoms with E-state index in [2.05, 4.69) is 11.1 Å². The zero-order valence-electron chi connectivity index (χ0n) is 18.2. The molecule has 1 atom stereocenters. The van der Waals surface area contributed by atoms with Crippen LogP contribution in [0.25, 0.3) is 11.0 Å². The molecule has 0 radical (unpaired) electrons. The van der Waals surface area contributed by atoms with Crippen molar-refractivity contribution in [1.82, 2.24) is 9.55 Å². The molecule has 0 amide bonds. The highest BCUT2D eigenvalue weighted by Crippen LogP contribution is 2.25. The number of aliphatic carboxylic acids is 1. The summed E-state index contributed by atoms with van der Waals surface area (Å²) in [5, 5.41) is 10.2. The molecule has 0 spiro atoms. The number of hydrogen-bond donors (Lipinski definition) is 1. The Morgan fingerprint density at radius 2 is 1.75 bits per heavy atom. The molecule has 0 aliphatic heterocycles. The number of pyridine rings is 1. The number of carboxylic acid groups (broad SMARTS) is 1. The standard InChI is InChI=1S/C25H28Cl2N2O3/c1-17(12-25(31)32)11-24(30)29-21(15-22-23(29)14-20(27)16-28-22)10-5-3-2-4-7-18-8-6-9-19(26)13-18/h6,8-9,13-17H,2-5,7,10-12H2,1H3,(H,31,32). The van der Waals surface area contributed by atoms with E-state index in [0.717, 1.165) is 54.8 Å². The van der Waals surface area contributed by atoms with Gasteiger partial charge in [-0.3, -0.25) is 19.1 Å². The highest BCUT2D eigenvalue weighted by atomic mass is 35.5. The Bertz CT molecular complexity index is 1090. The highest BCUT2D eigenvalue weighted by molar-refractivity contribution is 6.31. The number of unbranched alkanes of at least 4 members (excludes halogenated alkanes) is 3. The van der Waals surface area contributed by atoms with Gasteiger partial charge < -0.3 is 5.11 Å². The maximum Gasteiger partial charge on any atom is 0.303 e. The zero-order valence-corrected chi connectivity index (χ0v) is 19.7. The van der Waals surface area contributed by atoms with E-state index >= 15 is 0 Å². The van der Waals surface area contributed by atoms with Gasteiger partial charge in [0.15, 0.2) is 0 Å². The highest BCUT2D eigenvalue weighted by Gasteiger charge is 2.19. The van der Waals surface area contributed by atoms with Crippen LogP contribution in [-0.2, 0) is 17.6 Å². The van der Waals surface area contributed by atoms with Gasteiger partial charge in [0.25, 0.3) is 0 Å². The minimum absolute atomic E-state index is 0.0358. The summed E-state index contributed by atoms with van der Waals surface area (Å²) in [4.78, 5) is 28.4. The Hall–Kier alpha value is -2.37. The lowest BCUT2D eigenvalue weighted by Crippen LogP contribution is -2.18. The van der Waals surface area contributed by atoms with E-state index in [1.807, 2.05) is 24.3 Å². The molecule has 0 saturated carbocycles. The maximum absolute atomic E-state index is 13.1. The minimum atomic E-state index is -0.898. The third-order valence-corrected chi connectivity index (χ3v) is 5.97. The van der Waals surface area contributed by atoms with Gasteiger partial charge in [-0.1, -0.05) is 55.1 Å². The molecule has 0 saturated heterocycles. The van der Waals surface area contributed by atoms with Crippen molar-refractivity contribution >= 4 is 46.1 Å². The smallest absolute Gasteiger partial charge is 0.303 e. The molecular weight excluding hydrogens is 447 g/mol.